The van der Waals surface area contributed by atoms with Gasteiger partial charge in [0.15, 0.2) is 0 Å². The highest BCUT2D eigenvalue weighted by molar-refractivity contribution is 5.78. The number of ether oxygens (including phenoxy) is 1. The lowest BCUT2D eigenvalue weighted by Crippen LogP contribution is -2.41. The van der Waals surface area contributed by atoms with Crippen LogP contribution in [0.1, 0.15) is 20.8 Å². The maximum absolute atomic E-state index is 11.7. The molecule has 0 saturated carbocycles. The minimum Gasteiger partial charge on any atom is -0.492 e. The normalized spacial score (nSPS) is 10.8. The quantitative estimate of drug-likeness (QED) is 0.555. The highest BCUT2D eigenvalue weighted by Crippen LogP contribution is 2.18. The third-order valence-corrected chi connectivity index (χ3v) is 2.97. The van der Waals surface area contributed by atoms with Gasteiger partial charge in [-0.2, -0.15) is 0 Å². The zero-order chi connectivity index (χ0) is 16.5. The largest absolute Gasteiger partial charge is 0.492 e. The molecule has 1 aromatic rings. The number of carbonyl (C=O) groups is 1. The molecule has 0 saturated heterocycles. The molecule has 0 bridgehead atoms. The van der Waals surface area contributed by atoms with Crippen LogP contribution in [0.15, 0.2) is 24.3 Å². The number of nitrogens with zero attached hydrogens (tertiary/aromatic N) is 2. The summed E-state index contributed by atoms with van der Waals surface area (Å²) in [6, 6.07) is 6.19. The van der Waals surface area contributed by atoms with Crippen molar-refractivity contribution in [2.24, 2.45) is 0 Å². The molecule has 0 fully saturated rings. The number of non-ortho nitro benzene ring substituents is 1. The van der Waals surface area contributed by atoms with E-state index in [1.807, 2.05) is 25.7 Å². The second-order valence-electron chi connectivity index (χ2n) is 5.19. The van der Waals surface area contributed by atoms with E-state index >= 15 is 0 Å². The number of amides is 1. The van der Waals surface area contributed by atoms with Crippen molar-refractivity contribution in [2.45, 2.75) is 26.8 Å². The van der Waals surface area contributed by atoms with Gasteiger partial charge in [0.2, 0.25) is 5.91 Å². The van der Waals surface area contributed by atoms with Crippen molar-refractivity contribution < 1.29 is 14.5 Å². The van der Waals surface area contributed by atoms with Crippen molar-refractivity contribution in [3.63, 3.8) is 0 Å². The Hall–Kier alpha value is -2.15. The molecule has 22 heavy (non-hydrogen) atoms. The predicted octanol–water partition coefficient (Wildman–Crippen LogP) is 1.82. The van der Waals surface area contributed by atoms with E-state index in [2.05, 4.69) is 5.32 Å². The molecule has 0 aliphatic heterocycles. The standard InChI is InChI=1S/C15H23N3O4/c1-4-17(11-15(19)16-12(2)3)8-9-22-14-7-5-6-13(10-14)18(20)21/h5-7,10,12H,4,8-9,11H2,1-3H3,(H,16,19). The first kappa shape index (κ1) is 17.9. The lowest BCUT2D eigenvalue weighted by atomic mass is 10.3. The lowest BCUT2D eigenvalue weighted by molar-refractivity contribution is -0.384. The van der Waals surface area contributed by atoms with Crippen LogP contribution in [0.3, 0.4) is 0 Å². The average Bonchev–Trinajstić information content (AvgIpc) is 2.45. The van der Waals surface area contributed by atoms with E-state index < -0.39 is 4.92 Å². The Kier molecular flexibility index (Phi) is 7.31. The van der Waals surface area contributed by atoms with E-state index in [1.165, 1.54) is 12.1 Å². The van der Waals surface area contributed by atoms with E-state index in [0.717, 1.165) is 6.54 Å². The molecule has 1 N–H and O–H groups in total. The van der Waals surface area contributed by atoms with Gasteiger partial charge in [-0.25, -0.2) is 0 Å². The fourth-order valence-corrected chi connectivity index (χ4v) is 1.90. The Balaban J connectivity index is 2.42. The van der Waals surface area contributed by atoms with Gasteiger partial charge in [0.1, 0.15) is 12.4 Å². The van der Waals surface area contributed by atoms with Crippen LogP contribution in [0.4, 0.5) is 5.69 Å². The van der Waals surface area contributed by atoms with Crippen LogP contribution < -0.4 is 10.1 Å². The van der Waals surface area contributed by atoms with Gasteiger partial charge in [0.05, 0.1) is 17.5 Å². The molecule has 0 aliphatic rings. The van der Waals surface area contributed by atoms with Crippen molar-refractivity contribution in [1.82, 2.24) is 10.2 Å². The van der Waals surface area contributed by atoms with Crippen molar-refractivity contribution in [3.8, 4) is 5.75 Å². The number of nitrogens with one attached hydrogen (secondary N) is 1. The summed E-state index contributed by atoms with van der Waals surface area (Å²) in [6.45, 7) is 7.78. The molecule has 0 radical (unpaired) electrons. The number of benzene rings is 1. The third kappa shape index (κ3) is 6.53. The third-order valence-electron chi connectivity index (χ3n) is 2.97. The van der Waals surface area contributed by atoms with Gasteiger partial charge in [-0.15, -0.1) is 0 Å². The minimum atomic E-state index is -0.457. The van der Waals surface area contributed by atoms with E-state index in [0.29, 0.717) is 25.4 Å². The molecule has 1 aromatic carbocycles. The molecule has 7 nitrogen and oxygen atoms in total. The number of carbonyl (C=O) groups excluding carboxylic acids is 1. The van der Waals surface area contributed by atoms with E-state index in [1.54, 1.807) is 12.1 Å². The molecule has 7 heteroatoms. The summed E-state index contributed by atoms with van der Waals surface area (Å²) in [5.74, 6) is 0.434. The molecule has 0 unspecified atom stereocenters. The maximum Gasteiger partial charge on any atom is 0.273 e. The number of nitro groups is 1. The zero-order valence-corrected chi connectivity index (χ0v) is 13.2. The number of likely N-dealkylation sites (N-methyl/N-ethyl adjacent to an activating group) is 1. The van der Waals surface area contributed by atoms with Gasteiger partial charge in [0, 0.05) is 18.7 Å². The fourth-order valence-electron chi connectivity index (χ4n) is 1.90. The van der Waals surface area contributed by atoms with E-state index in [-0.39, 0.29) is 17.6 Å². The van der Waals surface area contributed by atoms with Gasteiger partial charge in [-0.05, 0) is 26.5 Å². The highest BCUT2D eigenvalue weighted by Gasteiger charge is 2.11. The second-order valence-corrected chi connectivity index (χ2v) is 5.19. The Labute approximate surface area is 130 Å². The highest BCUT2D eigenvalue weighted by atomic mass is 16.6. The molecule has 1 rings (SSSR count). The summed E-state index contributed by atoms with van der Waals surface area (Å²) < 4.78 is 5.51. The first-order valence-corrected chi connectivity index (χ1v) is 7.31. The number of hydrogen-bond acceptors (Lipinski definition) is 5. The van der Waals surface area contributed by atoms with Crippen molar-refractivity contribution in [2.75, 3.05) is 26.2 Å². The van der Waals surface area contributed by atoms with Gasteiger partial charge < -0.3 is 10.1 Å². The molecular weight excluding hydrogens is 286 g/mol. The number of nitro benzene ring substituents is 1. The SMILES string of the molecule is CCN(CCOc1cccc([N+](=O)[O-])c1)CC(=O)NC(C)C. The van der Waals surface area contributed by atoms with Crippen molar-refractivity contribution >= 4 is 11.6 Å². The molecule has 1 amide bonds. The Morgan fingerprint density at radius 2 is 2.18 bits per heavy atom. The fraction of sp³-hybridized carbons (Fsp3) is 0.533. The molecule has 122 valence electrons. The van der Waals surface area contributed by atoms with E-state index in [4.69, 9.17) is 4.74 Å². The summed E-state index contributed by atoms with van der Waals surface area (Å²) >= 11 is 0. The molecular formula is C15H23N3O4. The Morgan fingerprint density at radius 3 is 2.77 bits per heavy atom. The van der Waals surface area contributed by atoms with Crippen LogP contribution in [0.5, 0.6) is 5.75 Å². The van der Waals surface area contributed by atoms with Crippen LogP contribution in [0, 0.1) is 10.1 Å². The van der Waals surface area contributed by atoms with Gasteiger partial charge in [-0.3, -0.25) is 19.8 Å². The Bertz CT molecular complexity index is 505. The molecule has 0 aromatic heterocycles. The summed E-state index contributed by atoms with van der Waals surface area (Å²) in [7, 11) is 0. The van der Waals surface area contributed by atoms with Crippen molar-refractivity contribution in [1.29, 1.82) is 0 Å². The molecule has 0 atom stereocenters. The van der Waals surface area contributed by atoms with Crippen LogP contribution in [-0.4, -0.2) is 48.0 Å². The number of rotatable bonds is 9. The second kappa shape index (κ2) is 8.99. The minimum absolute atomic E-state index is 0.00107. The monoisotopic (exact) mass is 309 g/mol. The van der Waals surface area contributed by atoms with Crippen LogP contribution >= 0.6 is 0 Å². The van der Waals surface area contributed by atoms with Crippen LogP contribution in [0.25, 0.3) is 0 Å². The smallest absolute Gasteiger partial charge is 0.273 e. The van der Waals surface area contributed by atoms with Gasteiger partial charge in [-0.1, -0.05) is 13.0 Å². The zero-order valence-electron chi connectivity index (χ0n) is 13.2. The van der Waals surface area contributed by atoms with Crippen LogP contribution in [-0.2, 0) is 4.79 Å². The summed E-state index contributed by atoms with van der Waals surface area (Å²) in [6.07, 6.45) is 0. The first-order chi connectivity index (χ1) is 10.4. The van der Waals surface area contributed by atoms with Crippen LogP contribution in [0.2, 0.25) is 0 Å². The maximum atomic E-state index is 11.7. The van der Waals surface area contributed by atoms with Gasteiger partial charge >= 0.3 is 0 Å². The summed E-state index contributed by atoms with van der Waals surface area (Å²) in [5.41, 5.74) is 0.00107. The van der Waals surface area contributed by atoms with Gasteiger partial charge in [0.25, 0.3) is 5.69 Å². The summed E-state index contributed by atoms with van der Waals surface area (Å²) in [4.78, 5) is 23.9. The van der Waals surface area contributed by atoms with Crippen molar-refractivity contribution in [3.05, 3.63) is 34.4 Å². The lowest BCUT2D eigenvalue weighted by Gasteiger charge is -2.20. The summed E-state index contributed by atoms with van der Waals surface area (Å²) in [5, 5.41) is 13.5. The molecule has 0 spiro atoms. The molecule has 0 heterocycles. The number of hydrogen-bond donors (Lipinski definition) is 1. The first-order valence-electron chi connectivity index (χ1n) is 7.31. The molecule has 0 aliphatic carbocycles. The van der Waals surface area contributed by atoms with E-state index in [9.17, 15) is 14.9 Å². The average molecular weight is 309 g/mol. The topological polar surface area (TPSA) is 84.7 Å². The predicted molar refractivity (Wildman–Crippen MR) is 84.0 cm³/mol. The Morgan fingerprint density at radius 1 is 1.45 bits per heavy atom.